The van der Waals surface area contributed by atoms with Crippen molar-refractivity contribution in [3.8, 4) is 0 Å². The lowest BCUT2D eigenvalue weighted by atomic mass is 9.80. The zero-order chi connectivity index (χ0) is 9.03. The van der Waals surface area contributed by atoms with E-state index in [9.17, 15) is 10.2 Å². The Morgan fingerprint density at radius 1 is 1.50 bits per heavy atom. The van der Waals surface area contributed by atoms with Crippen molar-refractivity contribution in [3.63, 3.8) is 0 Å². The first-order valence-corrected chi connectivity index (χ1v) is 5.07. The molecular weight excluding hydrogens is 152 g/mol. The van der Waals surface area contributed by atoms with Crippen molar-refractivity contribution >= 4 is 0 Å². The maximum Gasteiger partial charge on any atom is 0.0672 e. The van der Waals surface area contributed by atoms with Gasteiger partial charge in [0.05, 0.1) is 11.7 Å². The summed E-state index contributed by atoms with van der Waals surface area (Å²) in [4.78, 5) is 0. The molecule has 12 heavy (non-hydrogen) atoms. The molecule has 2 heteroatoms. The highest BCUT2D eigenvalue weighted by Gasteiger charge is 2.32. The van der Waals surface area contributed by atoms with Crippen LogP contribution >= 0.6 is 0 Å². The van der Waals surface area contributed by atoms with Gasteiger partial charge in [-0.1, -0.05) is 19.8 Å². The van der Waals surface area contributed by atoms with E-state index in [1.165, 1.54) is 0 Å². The number of hydrogen-bond donors (Lipinski definition) is 2. The number of unbranched alkanes of at least 4 members (excludes halogenated alkanes) is 1. The van der Waals surface area contributed by atoms with Crippen molar-refractivity contribution in [1.29, 1.82) is 0 Å². The second-order valence-corrected chi connectivity index (χ2v) is 4.08. The monoisotopic (exact) mass is 172 g/mol. The fourth-order valence-electron chi connectivity index (χ4n) is 2.04. The van der Waals surface area contributed by atoms with Crippen LogP contribution in [0.25, 0.3) is 0 Å². The molecule has 0 spiro atoms. The fraction of sp³-hybridized carbons (Fsp3) is 1.00. The molecule has 0 saturated heterocycles. The molecule has 2 nitrogen and oxygen atoms in total. The van der Waals surface area contributed by atoms with Crippen molar-refractivity contribution in [2.45, 2.75) is 63.6 Å². The van der Waals surface area contributed by atoms with Gasteiger partial charge in [0.2, 0.25) is 0 Å². The first kappa shape index (κ1) is 10.0. The maximum atomic E-state index is 10.0. The van der Waals surface area contributed by atoms with Crippen molar-refractivity contribution < 1.29 is 10.2 Å². The Bertz CT molecular complexity index is 136. The average molecular weight is 172 g/mol. The zero-order valence-electron chi connectivity index (χ0n) is 7.92. The van der Waals surface area contributed by atoms with Crippen LogP contribution in [0.4, 0.5) is 0 Å². The van der Waals surface area contributed by atoms with Gasteiger partial charge in [-0.15, -0.1) is 0 Å². The fourth-order valence-corrected chi connectivity index (χ4v) is 2.04. The Labute approximate surface area is 74.6 Å². The van der Waals surface area contributed by atoms with E-state index in [0.717, 1.165) is 38.5 Å². The van der Waals surface area contributed by atoms with Crippen molar-refractivity contribution in [3.05, 3.63) is 0 Å². The minimum atomic E-state index is -0.548. The molecule has 1 fully saturated rings. The van der Waals surface area contributed by atoms with Gasteiger partial charge in [-0.3, -0.25) is 0 Å². The van der Waals surface area contributed by atoms with Crippen LogP contribution in [-0.2, 0) is 0 Å². The molecule has 0 amide bonds. The Morgan fingerprint density at radius 3 is 2.83 bits per heavy atom. The summed E-state index contributed by atoms with van der Waals surface area (Å²) in [6.45, 7) is 2.13. The lowest BCUT2D eigenvalue weighted by Crippen LogP contribution is -2.37. The van der Waals surface area contributed by atoms with Crippen LogP contribution in [0.5, 0.6) is 0 Å². The van der Waals surface area contributed by atoms with Crippen molar-refractivity contribution in [1.82, 2.24) is 0 Å². The van der Waals surface area contributed by atoms with E-state index in [2.05, 4.69) is 6.92 Å². The van der Waals surface area contributed by atoms with E-state index in [0.29, 0.717) is 6.42 Å². The lowest BCUT2D eigenvalue weighted by molar-refractivity contribution is -0.0516. The van der Waals surface area contributed by atoms with Gasteiger partial charge in [-0.05, 0) is 25.7 Å². The van der Waals surface area contributed by atoms with Crippen LogP contribution in [0.15, 0.2) is 0 Å². The summed E-state index contributed by atoms with van der Waals surface area (Å²) >= 11 is 0. The Hall–Kier alpha value is -0.0800. The summed E-state index contributed by atoms with van der Waals surface area (Å²) in [5.41, 5.74) is -0.548. The third kappa shape index (κ3) is 2.76. The Kier molecular flexibility index (Phi) is 3.53. The van der Waals surface area contributed by atoms with Crippen LogP contribution in [-0.4, -0.2) is 21.9 Å². The highest BCUT2D eigenvalue weighted by atomic mass is 16.3. The van der Waals surface area contributed by atoms with Crippen LogP contribution < -0.4 is 0 Å². The quantitative estimate of drug-likeness (QED) is 0.682. The van der Waals surface area contributed by atoms with E-state index < -0.39 is 5.60 Å². The number of aliphatic hydroxyl groups is 2. The molecule has 0 heterocycles. The second-order valence-electron chi connectivity index (χ2n) is 4.08. The minimum absolute atomic E-state index is 0.263. The van der Waals surface area contributed by atoms with Crippen molar-refractivity contribution in [2.75, 3.05) is 0 Å². The summed E-state index contributed by atoms with van der Waals surface area (Å²) in [6, 6.07) is 0. The molecule has 1 aliphatic carbocycles. The van der Waals surface area contributed by atoms with Crippen LogP contribution in [0.3, 0.4) is 0 Å². The molecule has 0 aromatic rings. The number of hydrogen-bond acceptors (Lipinski definition) is 2. The highest BCUT2D eigenvalue weighted by molar-refractivity contribution is 4.85. The lowest BCUT2D eigenvalue weighted by Gasteiger charge is -2.34. The third-order valence-corrected chi connectivity index (χ3v) is 2.79. The molecule has 1 aliphatic rings. The smallest absolute Gasteiger partial charge is 0.0672 e. The minimum Gasteiger partial charge on any atom is -0.393 e. The summed E-state index contributed by atoms with van der Waals surface area (Å²) in [5, 5.41) is 19.4. The number of rotatable bonds is 3. The molecule has 0 radical (unpaired) electrons. The van der Waals surface area contributed by atoms with Gasteiger partial charge in [-0.25, -0.2) is 0 Å². The standard InChI is InChI=1S/C10H20O2/c1-2-3-6-10(12)7-4-5-9(11)8-10/h9,11-12H,2-8H2,1H3. The first-order chi connectivity index (χ1) is 5.66. The Morgan fingerprint density at radius 2 is 2.25 bits per heavy atom. The van der Waals surface area contributed by atoms with Gasteiger partial charge in [0.1, 0.15) is 0 Å². The van der Waals surface area contributed by atoms with Gasteiger partial charge in [0, 0.05) is 6.42 Å². The van der Waals surface area contributed by atoms with Crippen LogP contribution in [0.1, 0.15) is 51.9 Å². The first-order valence-electron chi connectivity index (χ1n) is 5.07. The van der Waals surface area contributed by atoms with E-state index in [1.807, 2.05) is 0 Å². The van der Waals surface area contributed by atoms with Gasteiger partial charge in [0.15, 0.2) is 0 Å². The molecule has 2 N–H and O–H groups in total. The van der Waals surface area contributed by atoms with Crippen LogP contribution in [0.2, 0.25) is 0 Å². The van der Waals surface area contributed by atoms with Gasteiger partial charge in [-0.2, -0.15) is 0 Å². The van der Waals surface area contributed by atoms with E-state index in [-0.39, 0.29) is 6.10 Å². The molecule has 2 unspecified atom stereocenters. The van der Waals surface area contributed by atoms with Crippen molar-refractivity contribution in [2.24, 2.45) is 0 Å². The highest BCUT2D eigenvalue weighted by Crippen LogP contribution is 2.32. The van der Waals surface area contributed by atoms with E-state index in [4.69, 9.17) is 0 Å². The van der Waals surface area contributed by atoms with Gasteiger partial charge >= 0.3 is 0 Å². The SMILES string of the molecule is CCCCC1(O)CCCC(O)C1. The normalized spacial score (nSPS) is 36.8. The molecule has 2 atom stereocenters. The molecule has 0 aromatic carbocycles. The zero-order valence-corrected chi connectivity index (χ0v) is 7.92. The summed E-state index contributed by atoms with van der Waals surface area (Å²) in [7, 11) is 0. The predicted octanol–water partition coefficient (Wildman–Crippen LogP) is 1.84. The topological polar surface area (TPSA) is 40.5 Å². The van der Waals surface area contributed by atoms with E-state index >= 15 is 0 Å². The third-order valence-electron chi connectivity index (χ3n) is 2.79. The van der Waals surface area contributed by atoms with E-state index in [1.54, 1.807) is 0 Å². The summed E-state index contributed by atoms with van der Waals surface area (Å²) in [6.07, 6.45) is 6.11. The predicted molar refractivity (Wildman–Crippen MR) is 48.9 cm³/mol. The average Bonchev–Trinajstić information content (AvgIpc) is 2.01. The largest absolute Gasteiger partial charge is 0.393 e. The maximum absolute atomic E-state index is 10.0. The Balaban J connectivity index is 2.35. The van der Waals surface area contributed by atoms with Gasteiger partial charge in [0.25, 0.3) is 0 Å². The molecule has 1 saturated carbocycles. The second kappa shape index (κ2) is 4.24. The molecule has 1 rings (SSSR count). The molecule has 0 bridgehead atoms. The molecule has 0 aromatic heterocycles. The summed E-state index contributed by atoms with van der Waals surface area (Å²) < 4.78 is 0. The number of aliphatic hydroxyl groups excluding tert-OH is 1. The molecule has 72 valence electrons. The van der Waals surface area contributed by atoms with Gasteiger partial charge < -0.3 is 10.2 Å². The summed E-state index contributed by atoms with van der Waals surface area (Å²) in [5.74, 6) is 0. The molecule has 0 aliphatic heterocycles. The van der Waals surface area contributed by atoms with Crippen LogP contribution in [0, 0.1) is 0 Å². The molecular formula is C10H20O2.